The Morgan fingerprint density at radius 1 is 1.19 bits per heavy atom. The predicted molar refractivity (Wildman–Crippen MR) is 80.7 cm³/mol. The fourth-order valence-electron chi connectivity index (χ4n) is 1.64. The van der Waals surface area contributed by atoms with Gasteiger partial charge in [-0.15, -0.1) is 0 Å². The van der Waals surface area contributed by atoms with Crippen molar-refractivity contribution in [2.75, 3.05) is 6.54 Å². The number of hydrogen-bond acceptors (Lipinski definition) is 3. The van der Waals surface area contributed by atoms with Gasteiger partial charge < -0.3 is 15.7 Å². The number of rotatable bonds is 8. The van der Waals surface area contributed by atoms with Gasteiger partial charge in [0, 0.05) is 18.4 Å². The molecule has 0 heterocycles. The number of nitrogens with one attached hydrogen (secondary N) is 2. The maximum atomic E-state index is 11.7. The van der Waals surface area contributed by atoms with Gasteiger partial charge in [-0.2, -0.15) is 0 Å². The van der Waals surface area contributed by atoms with Crippen LogP contribution in [0.2, 0.25) is 0 Å². The second-order valence-corrected chi connectivity index (χ2v) is 6.38. The summed E-state index contributed by atoms with van der Waals surface area (Å²) in [5.41, 5.74) is -0.451. The molecule has 0 aromatic rings. The summed E-state index contributed by atoms with van der Waals surface area (Å²) >= 11 is 0. The molecule has 0 aliphatic heterocycles. The highest BCUT2D eigenvalue weighted by Gasteiger charge is 2.25. The molecule has 0 aliphatic rings. The first-order valence-electron chi connectivity index (χ1n) is 7.40. The zero-order chi connectivity index (χ0) is 16.6. The molecule has 0 bridgehead atoms. The minimum Gasteiger partial charge on any atom is -0.480 e. The van der Waals surface area contributed by atoms with Crippen LogP contribution in [0.5, 0.6) is 0 Å². The van der Waals surface area contributed by atoms with Crippen LogP contribution in [0.15, 0.2) is 0 Å². The second kappa shape index (κ2) is 8.64. The van der Waals surface area contributed by atoms with Crippen LogP contribution < -0.4 is 10.6 Å². The summed E-state index contributed by atoms with van der Waals surface area (Å²) in [7, 11) is 0. The van der Waals surface area contributed by atoms with Crippen molar-refractivity contribution in [2.45, 2.75) is 59.9 Å². The molecule has 0 saturated heterocycles. The lowest BCUT2D eigenvalue weighted by molar-refractivity contribution is -0.143. The van der Waals surface area contributed by atoms with Gasteiger partial charge in [0.15, 0.2) is 0 Å². The van der Waals surface area contributed by atoms with Crippen molar-refractivity contribution in [1.29, 1.82) is 0 Å². The second-order valence-electron chi connectivity index (χ2n) is 6.38. The molecule has 0 aliphatic carbocycles. The number of amides is 2. The lowest BCUT2D eigenvalue weighted by Gasteiger charge is -2.20. The number of aliphatic carboxylic acids is 1. The molecular formula is C15H28N2O4. The third kappa shape index (κ3) is 7.68. The molecule has 2 amide bonds. The minimum atomic E-state index is -1.02. The molecule has 1 unspecified atom stereocenters. The Labute approximate surface area is 126 Å². The first-order valence-corrected chi connectivity index (χ1v) is 7.40. The standard InChI is InChI=1S/C15H28N2O4/c1-6-10(2)12(13(19)20)17-11(18)8-7-9-16-14(21)15(3,4)5/h10,12H,6-9H2,1-5H3,(H,16,21)(H,17,18)(H,19,20)/t10?,12-/m0/s1. The molecule has 3 N–H and O–H groups in total. The quantitative estimate of drug-likeness (QED) is 0.593. The molecule has 0 rings (SSSR count). The largest absolute Gasteiger partial charge is 0.480 e. The fourth-order valence-corrected chi connectivity index (χ4v) is 1.64. The lowest BCUT2D eigenvalue weighted by Crippen LogP contribution is -2.45. The Morgan fingerprint density at radius 2 is 1.76 bits per heavy atom. The molecule has 0 aromatic heterocycles. The average Bonchev–Trinajstić information content (AvgIpc) is 2.38. The summed E-state index contributed by atoms with van der Waals surface area (Å²) in [6.45, 7) is 9.54. The van der Waals surface area contributed by atoms with Crippen LogP contribution in [-0.4, -0.2) is 35.5 Å². The van der Waals surface area contributed by atoms with E-state index in [1.54, 1.807) is 6.92 Å². The molecule has 122 valence electrons. The van der Waals surface area contributed by atoms with Gasteiger partial charge in [0.05, 0.1) is 0 Å². The SMILES string of the molecule is CCC(C)[C@H](NC(=O)CCCNC(=O)C(C)(C)C)C(=O)O. The number of carbonyl (C=O) groups is 3. The van der Waals surface area contributed by atoms with E-state index in [0.29, 0.717) is 19.4 Å². The number of carbonyl (C=O) groups excluding carboxylic acids is 2. The Balaban J connectivity index is 4.10. The summed E-state index contributed by atoms with van der Waals surface area (Å²) in [6.07, 6.45) is 1.37. The molecule has 0 radical (unpaired) electrons. The number of carboxylic acid groups (broad SMARTS) is 1. The Bertz CT molecular complexity index is 374. The van der Waals surface area contributed by atoms with E-state index >= 15 is 0 Å². The summed E-state index contributed by atoms with van der Waals surface area (Å²) in [5.74, 6) is -1.50. The molecule has 0 spiro atoms. The molecule has 0 saturated carbocycles. The maximum Gasteiger partial charge on any atom is 0.326 e. The number of hydrogen-bond donors (Lipinski definition) is 3. The fraction of sp³-hybridized carbons (Fsp3) is 0.800. The van der Waals surface area contributed by atoms with Crippen LogP contribution in [0.4, 0.5) is 0 Å². The van der Waals surface area contributed by atoms with Gasteiger partial charge in [-0.05, 0) is 12.3 Å². The lowest BCUT2D eigenvalue weighted by atomic mass is 9.96. The van der Waals surface area contributed by atoms with Crippen molar-refractivity contribution >= 4 is 17.8 Å². The van der Waals surface area contributed by atoms with Crippen molar-refractivity contribution < 1.29 is 19.5 Å². The van der Waals surface area contributed by atoms with Gasteiger partial charge in [-0.25, -0.2) is 4.79 Å². The highest BCUT2D eigenvalue weighted by molar-refractivity contribution is 5.84. The average molecular weight is 300 g/mol. The van der Waals surface area contributed by atoms with Crippen molar-refractivity contribution in [3.8, 4) is 0 Å². The Morgan fingerprint density at radius 3 is 2.19 bits per heavy atom. The summed E-state index contributed by atoms with van der Waals surface area (Å²) in [5, 5.41) is 14.4. The van der Waals surface area contributed by atoms with Crippen molar-refractivity contribution in [2.24, 2.45) is 11.3 Å². The van der Waals surface area contributed by atoms with E-state index in [9.17, 15) is 14.4 Å². The van der Waals surface area contributed by atoms with E-state index in [0.717, 1.165) is 0 Å². The number of carboxylic acids is 1. The topological polar surface area (TPSA) is 95.5 Å². The smallest absolute Gasteiger partial charge is 0.326 e. The van der Waals surface area contributed by atoms with Crippen molar-refractivity contribution in [3.63, 3.8) is 0 Å². The highest BCUT2D eigenvalue weighted by atomic mass is 16.4. The van der Waals surface area contributed by atoms with Gasteiger partial charge in [0.1, 0.15) is 6.04 Å². The molecule has 6 nitrogen and oxygen atoms in total. The normalized spacial score (nSPS) is 14.1. The highest BCUT2D eigenvalue weighted by Crippen LogP contribution is 2.12. The molecule has 21 heavy (non-hydrogen) atoms. The van der Waals surface area contributed by atoms with Gasteiger partial charge in [0.25, 0.3) is 0 Å². The third-order valence-electron chi connectivity index (χ3n) is 3.34. The monoisotopic (exact) mass is 300 g/mol. The first kappa shape index (κ1) is 19.4. The summed E-state index contributed by atoms with van der Waals surface area (Å²) in [4.78, 5) is 34.4. The van der Waals surface area contributed by atoms with Crippen LogP contribution in [0, 0.1) is 11.3 Å². The van der Waals surface area contributed by atoms with Crippen LogP contribution >= 0.6 is 0 Å². The summed E-state index contributed by atoms with van der Waals surface area (Å²) in [6, 6.07) is -0.855. The van der Waals surface area contributed by atoms with Gasteiger partial charge in [0.2, 0.25) is 11.8 Å². The van der Waals surface area contributed by atoms with E-state index in [4.69, 9.17) is 5.11 Å². The molecule has 0 fully saturated rings. The van der Waals surface area contributed by atoms with E-state index in [2.05, 4.69) is 10.6 Å². The maximum absolute atomic E-state index is 11.7. The molecular weight excluding hydrogens is 272 g/mol. The molecule has 0 aromatic carbocycles. The van der Waals surface area contributed by atoms with Crippen LogP contribution in [0.1, 0.15) is 53.9 Å². The van der Waals surface area contributed by atoms with E-state index in [1.165, 1.54) is 0 Å². The summed E-state index contributed by atoms with van der Waals surface area (Å²) < 4.78 is 0. The van der Waals surface area contributed by atoms with Crippen LogP contribution in [0.3, 0.4) is 0 Å². The van der Waals surface area contributed by atoms with Crippen LogP contribution in [0.25, 0.3) is 0 Å². The zero-order valence-corrected chi connectivity index (χ0v) is 13.7. The Kier molecular flexibility index (Phi) is 7.99. The van der Waals surface area contributed by atoms with E-state index < -0.39 is 17.4 Å². The Hall–Kier alpha value is -1.59. The van der Waals surface area contributed by atoms with Crippen molar-refractivity contribution in [1.82, 2.24) is 10.6 Å². The van der Waals surface area contributed by atoms with Gasteiger partial charge in [-0.1, -0.05) is 41.0 Å². The van der Waals surface area contributed by atoms with Gasteiger partial charge in [-0.3, -0.25) is 9.59 Å². The predicted octanol–water partition coefficient (Wildman–Crippen LogP) is 1.54. The molecule has 6 heteroatoms. The van der Waals surface area contributed by atoms with Gasteiger partial charge >= 0.3 is 5.97 Å². The van der Waals surface area contributed by atoms with E-state index in [-0.39, 0.29) is 24.2 Å². The third-order valence-corrected chi connectivity index (χ3v) is 3.34. The zero-order valence-electron chi connectivity index (χ0n) is 13.7. The minimum absolute atomic E-state index is 0.0640. The molecule has 2 atom stereocenters. The van der Waals surface area contributed by atoms with Crippen molar-refractivity contribution in [3.05, 3.63) is 0 Å². The van der Waals surface area contributed by atoms with Crippen LogP contribution in [-0.2, 0) is 14.4 Å². The first-order chi connectivity index (χ1) is 9.59. The van der Waals surface area contributed by atoms with E-state index in [1.807, 2.05) is 27.7 Å².